The minimum absolute atomic E-state index is 0.155. The molecule has 0 amide bonds. The molecular formula is C15H20N2O2. The van der Waals surface area contributed by atoms with E-state index < -0.39 is 0 Å². The number of anilines is 1. The first-order valence-corrected chi connectivity index (χ1v) is 7.10. The third-order valence-corrected chi connectivity index (χ3v) is 3.88. The van der Waals surface area contributed by atoms with Gasteiger partial charge in [0.25, 0.3) is 0 Å². The lowest BCUT2D eigenvalue weighted by Gasteiger charge is -2.19. The summed E-state index contributed by atoms with van der Waals surface area (Å²) in [5, 5.41) is 6.62. The molecule has 2 N–H and O–H groups in total. The average molecular weight is 260 g/mol. The van der Waals surface area contributed by atoms with Crippen molar-refractivity contribution >= 4 is 11.5 Å². The van der Waals surface area contributed by atoms with E-state index in [1.165, 1.54) is 25.7 Å². The number of carbonyl (C=O) groups is 1. The number of benzene rings is 1. The largest absolute Gasteiger partial charge is 0.490 e. The van der Waals surface area contributed by atoms with E-state index in [9.17, 15) is 4.79 Å². The Morgan fingerprint density at radius 3 is 3.05 bits per heavy atom. The Balaban J connectivity index is 1.62. The van der Waals surface area contributed by atoms with Gasteiger partial charge in [-0.3, -0.25) is 4.79 Å². The molecular weight excluding hydrogens is 240 g/mol. The van der Waals surface area contributed by atoms with Crippen LogP contribution in [-0.2, 0) is 0 Å². The van der Waals surface area contributed by atoms with Crippen molar-refractivity contribution in [2.45, 2.75) is 31.7 Å². The standard InChI is InChI=1S/C15H20N2O2/c18-14(10-17-12-3-1-2-4-12)11-5-6-15-13(9-11)16-7-8-19-15/h5-6,9,12,16-17H,1-4,7-8,10H2. The monoisotopic (exact) mass is 260 g/mol. The minimum Gasteiger partial charge on any atom is -0.490 e. The Morgan fingerprint density at radius 1 is 1.37 bits per heavy atom. The molecule has 1 aliphatic carbocycles. The maximum absolute atomic E-state index is 12.2. The van der Waals surface area contributed by atoms with Crippen LogP contribution < -0.4 is 15.4 Å². The molecule has 0 unspecified atom stereocenters. The van der Waals surface area contributed by atoms with Crippen molar-refractivity contribution in [1.82, 2.24) is 5.32 Å². The summed E-state index contributed by atoms with van der Waals surface area (Å²) in [5.41, 5.74) is 1.68. The van der Waals surface area contributed by atoms with Gasteiger partial charge in [-0.05, 0) is 31.0 Å². The van der Waals surface area contributed by atoms with Crippen molar-refractivity contribution in [3.63, 3.8) is 0 Å². The molecule has 0 bridgehead atoms. The van der Waals surface area contributed by atoms with Crippen LogP contribution in [0.3, 0.4) is 0 Å². The lowest BCUT2D eigenvalue weighted by molar-refractivity contribution is 0.0987. The molecule has 1 heterocycles. The van der Waals surface area contributed by atoms with Crippen LogP contribution in [0.4, 0.5) is 5.69 Å². The van der Waals surface area contributed by atoms with Gasteiger partial charge in [0.05, 0.1) is 12.2 Å². The van der Waals surface area contributed by atoms with E-state index >= 15 is 0 Å². The zero-order valence-electron chi connectivity index (χ0n) is 11.1. The molecule has 0 aromatic heterocycles. The number of hydrogen-bond acceptors (Lipinski definition) is 4. The topological polar surface area (TPSA) is 50.4 Å². The number of ketones is 1. The first-order chi connectivity index (χ1) is 9.33. The third kappa shape index (κ3) is 2.89. The Labute approximate surface area is 113 Å². The molecule has 1 saturated carbocycles. The lowest BCUT2D eigenvalue weighted by atomic mass is 10.1. The predicted octanol–water partition coefficient (Wildman–Crippen LogP) is 2.21. The maximum Gasteiger partial charge on any atom is 0.176 e. The SMILES string of the molecule is O=C(CNC1CCCC1)c1ccc2c(c1)NCCO2. The lowest BCUT2D eigenvalue weighted by Crippen LogP contribution is -2.31. The summed E-state index contributed by atoms with van der Waals surface area (Å²) in [5.74, 6) is 0.994. The average Bonchev–Trinajstić information content (AvgIpc) is 2.97. The molecule has 0 radical (unpaired) electrons. The Kier molecular flexibility index (Phi) is 3.69. The first-order valence-electron chi connectivity index (χ1n) is 7.10. The van der Waals surface area contributed by atoms with Gasteiger partial charge in [0.1, 0.15) is 12.4 Å². The third-order valence-electron chi connectivity index (χ3n) is 3.88. The first kappa shape index (κ1) is 12.5. The van der Waals surface area contributed by atoms with Crippen LogP contribution in [0.1, 0.15) is 36.0 Å². The highest BCUT2D eigenvalue weighted by atomic mass is 16.5. The van der Waals surface area contributed by atoms with Crippen molar-refractivity contribution in [1.29, 1.82) is 0 Å². The van der Waals surface area contributed by atoms with Gasteiger partial charge >= 0.3 is 0 Å². The van der Waals surface area contributed by atoms with Crippen molar-refractivity contribution in [2.75, 3.05) is 25.0 Å². The molecule has 1 fully saturated rings. The summed E-state index contributed by atoms with van der Waals surface area (Å²) in [6.45, 7) is 1.92. The van der Waals surface area contributed by atoms with Crippen LogP contribution in [-0.4, -0.2) is 31.5 Å². The van der Waals surface area contributed by atoms with Crippen molar-refractivity contribution in [2.24, 2.45) is 0 Å². The molecule has 0 saturated heterocycles. The number of nitrogens with one attached hydrogen (secondary N) is 2. The fourth-order valence-electron chi connectivity index (χ4n) is 2.78. The van der Waals surface area contributed by atoms with E-state index in [1.807, 2.05) is 18.2 Å². The molecule has 3 rings (SSSR count). The van der Waals surface area contributed by atoms with Crippen LogP contribution in [0.25, 0.3) is 0 Å². The molecule has 1 aromatic carbocycles. The van der Waals surface area contributed by atoms with Gasteiger partial charge in [0, 0.05) is 18.2 Å². The van der Waals surface area contributed by atoms with E-state index in [4.69, 9.17) is 4.74 Å². The van der Waals surface area contributed by atoms with Gasteiger partial charge < -0.3 is 15.4 Å². The smallest absolute Gasteiger partial charge is 0.176 e. The van der Waals surface area contributed by atoms with Crippen LogP contribution in [0.5, 0.6) is 5.75 Å². The Morgan fingerprint density at radius 2 is 2.21 bits per heavy atom. The second kappa shape index (κ2) is 5.61. The fourth-order valence-corrected chi connectivity index (χ4v) is 2.78. The van der Waals surface area contributed by atoms with Crippen molar-refractivity contribution in [3.8, 4) is 5.75 Å². The molecule has 4 nitrogen and oxygen atoms in total. The molecule has 1 aromatic rings. The number of rotatable bonds is 4. The van der Waals surface area contributed by atoms with Crippen LogP contribution in [0, 0.1) is 0 Å². The Hall–Kier alpha value is -1.55. The number of fused-ring (bicyclic) bond motifs is 1. The molecule has 102 valence electrons. The summed E-state index contributed by atoms with van der Waals surface area (Å²) >= 11 is 0. The van der Waals surface area contributed by atoms with Gasteiger partial charge in [-0.1, -0.05) is 12.8 Å². The van der Waals surface area contributed by atoms with Crippen molar-refractivity contribution < 1.29 is 9.53 Å². The zero-order valence-corrected chi connectivity index (χ0v) is 11.1. The van der Waals surface area contributed by atoms with E-state index in [0.717, 1.165) is 23.5 Å². The Bertz CT molecular complexity index is 467. The van der Waals surface area contributed by atoms with Crippen molar-refractivity contribution in [3.05, 3.63) is 23.8 Å². The number of ether oxygens (including phenoxy) is 1. The van der Waals surface area contributed by atoms with Gasteiger partial charge in [-0.2, -0.15) is 0 Å². The maximum atomic E-state index is 12.2. The fraction of sp³-hybridized carbons (Fsp3) is 0.533. The number of carbonyl (C=O) groups excluding carboxylic acids is 1. The molecule has 0 atom stereocenters. The summed E-state index contributed by atoms with van der Waals surface area (Å²) in [7, 11) is 0. The summed E-state index contributed by atoms with van der Waals surface area (Å²) in [4.78, 5) is 12.2. The van der Waals surface area contributed by atoms with Crippen LogP contribution >= 0.6 is 0 Å². The highest BCUT2D eigenvalue weighted by Gasteiger charge is 2.17. The number of Topliss-reactive ketones (excluding diaryl/α,β-unsaturated/α-hetero) is 1. The highest BCUT2D eigenvalue weighted by Crippen LogP contribution is 2.28. The summed E-state index contributed by atoms with van der Waals surface area (Å²) in [6.07, 6.45) is 4.97. The van der Waals surface area contributed by atoms with Gasteiger partial charge in [0.15, 0.2) is 5.78 Å². The quantitative estimate of drug-likeness (QED) is 0.815. The van der Waals surface area contributed by atoms with Crippen LogP contribution in [0.2, 0.25) is 0 Å². The van der Waals surface area contributed by atoms with Gasteiger partial charge in [-0.25, -0.2) is 0 Å². The minimum atomic E-state index is 0.155. The second-order valence-electron chi connectivity index (χ2n) is 5.27. The zero-order chi connectivity index (χ0) is 13.1. The molecule has 0 spiro atoms. The van der Waals surface area contributed by atoms with E-state index in [1.54, 1.807) is 0 Å². The predicted molar refractivity (Wildman–Crippen MR) is 75.0 cm³/mol. The molecule has 4 heteroatoms. The summed E-state index contributed by atoms with van der Waals surface area (Å²) < 4.78 is 5.51. The van der Waals surface area contributed by atoms with E-state index in [-0.39, 0.29) is 5.78 Å². The highest BCUT2D eigenvalue weighted by molar-refractivity contribution is 5.98. The second-order valence-corrected chi connectivity index (χ2v) is 5.27. The summed E-state index contributed by atoms with van der Waals surface area (Å²) in [6, 6.07) is 6.16. The molecule has 1 aliphatic heterocycles. The number of hydrogen-bond donors (Lipinski definition) is 2. The van der Waals surface area contributed by atoms with E-state index in [2.05, 4.69) is 10.6 Å². The van der Waals surface area contributed by atoms with E-state index in [0.29, 0.717) is 19.2 Å². The molecule has 19 heavy (non-hydrogen) atoms. The van der Waals surface area contributed by atoms with Gasteiger partial charge in [0.2, 0.25) is 0 Å². The normalized spacial score (nSPS) is 18.5. The molecule has 2 aliphatic rings. The van der Waals surface area contributed by atoms with Crippen LogP contribution in [0.15, 0.2) is 18.2 Å². The van der Waals surface area contributed by atoms with Gasteiger partial charge in [-0.15, -0.1) is 0 Å².